The van der Waals surface area contributed by atoms with Crippen LogP contribution >= 0.6 is 0 Å². The third-order valence-corrected chi connectivity index (χ3v) is 3.54. The van der Waals surface area contributed by atoms with Crippen molar-refractivity contribution < 1.29 is 4.42 Å². The second kappa shape index (κ2) is 7.64. The Kier molecular flexibility index (Phi) is 5.86. The zero-order valence-corrected chi connectivity index (χ0v) is 13.1. The van der Waals surface area contributed by atoms with Gasteiger partial charge in [0, 0.05) is 39.3 Å². The number of hydrogen-bond donors (Lipinski definition) is 1. The van der Waals surface area contributed by atoms with E-state index in [1.165, 1.54) is 6.54 Å². The third kappa shape index (κ3) is 4.49. The molecule has 114 valence electrons. The van der Waals surface area contributed by atoms with Gasteiger partial charge in [0.1, 0.15) is 6.26 Å². The number of rotatable bonds is 7. The van der Waals surface area contributed by atoms with E-state index in [2.05, 4.69) is 40.9 Å². The molecule has 1 saturated heterocycles. The lowest BCUT2D eigenvalue weighted by molar-refractivity contribution is 0.227. The van der Waals surface area contributed by atoms with E-state index in [4.69, 9.17) is 4.42 Å². The standard InChI is InChI=1S/C15H28N4O/c1-4-5-16-10-14-12-20-15(17-14)19-8-6-18(7-9-19)11-13(2)3/h12-13,16H,4-11H2,1-3H3. The summed E-state index contributed by atoms with van der Waals surface area (Å²) < 4.78 is 5.61. The Morgan fingerprint density at radius 2 is 2.05 bits per heavy atom. The molecule has 1 N–H and O–H groups in total. The highest BCUT2D eigenvalue weighted by Crippen LogP contribution is 2.16. The molecular weight excluding hydrogens is 252 g/mol. The molecule has 5 nitrogen and oxygen atoms in total. The Morgan fingerprint density at radius 1 is 1.30 bits per heavy atom. The first-order chi connectivity index (χ1) is 9.69. The fourth-order valence-electron chi connectivity index (χ4n) is 2.55. The molecule has 20 heavy (non-hydrogen) atoms. The number of aromatic nitrogens is 1. The van der Waals surface area contributed by atoms with Gasteiger partial charge in [0.15, 0.2) is 0 Å². The van der Waals surface area contributed by atoms with Gasteiger partial charge in [-0.05, 0) is 18.9 Å². The Morgan fingerprint density at radius 3 is 2.70 bits per heavy atom. The molecule has 0 unspecified atom stereocenters. The minimum Gasteiger partial charge on any atom is -0.432 e. The van der Waals surface area contributed by atoms with E-state index in [0.717, 1.165) is 63.3 Å². The van der Waals surface area contributed by atoms with Crippen molar-refractivity contribution >= 4 is 6.01 Å². The van der Waals surface area contributed by atoms with E-state index in [-0.39, 0.29) is 0 Å². The van der Waals surface area contributed by atoms with Gasteiger partial charge in [0.2, 0.25) is 0 Å². The lowest BCUT2D eigenvalue weighted by Gasteiger charge is -2.34. The van der Waals surface area contributed by atoms with E-state index in [1.807, 2.05) is 0 Å². The van der Waals surface area contributed by atoms with Crippen LogP contribution in [0.15, 0.2) is 10.7 Å². The SMILES string of the molecule is CCCNCc1coc(N2CCN(CC(C)C)CC2)n1. The lowest BCUT2D eigenvalue weighted by Crippen LogP contribution is -2.47. The quantitative estimate of drug-likeness (QED) is 0.774. The van der Waals surface area contributed by atoms with Gasteiger partial charge in [-0.3, -0.25) is 4.90 Å². The Hall–Kier alpha value is -1.07. The molecule has 2 heterocycles. The Labute approximate surface area is 122 Å². The number of nitrogens with zero attached hydrogens (tertiary/aromatic N) is 3. The van der Waals surface area contributed by atoms with Crippen LogP contribution in [-0.4, -0.2) is 49.2 Å². The van der Waals surface area contributed by atoms with E-state index in [9.17, 15) is 0 Å². The van der Waals surface area contributed by atoms with Crippen LogP contribution in [0.2, 0.25) is 0 Å². The van der Waals surface area contributed by atoms with Crippen molar-refractivity contribution in [1.29, 1.82) is 0 Å². The van der Waals surface area contributed by atoms with Gasteiger partial charge >= 0.3 is 0 Å². The maximum absolute atomic E-state index is 5.61. The molecule has 0 bridgehead atoms. The summed E-state index contributed by atoms with van der Waals surface area (Å²) in [5, 5.41) is 3.35. The molecule has 0 aromatic carbocycles. The van der Waals surface area contributed by atoms with Crippen LogP contribution in [0.5, 0.6) is 0 Å². The molecule has 0 saturated carbocycles. The summed E-state index contributed by atoms with van der Waals surface area (Å²) in [6, 6.07) is 0.780. The Bertz CT molecular complexity index is 383. The van der Waals surface area contributed by atoms with Crippen molar-refractivity contribution in [2.75, 3.05) is 44.2 Å². The van der Waals surface area contributed by atoms with E-state index >= 15 is 0 Å². The smallest absolute Gasteiger partial charge is 0.297 e. The van der Waals surface area contributed by atoms with Crippen molar-refractivity contribution in [3.63, 3.8) is 0 Å². The molecule has 2 rings (SSSR count). The maximum Gasteiger partial charge on any atom is 0.297 e. The summed E-state index contributed by atoms with van der Waals surface area (Å²) in [6.07, 6.45) is 2.92. The highest BCUT2D eigenvalue weighted by molar-refractivity contribution is 5.27. The fourth-order valence-corrected chi connectivity index (χ4v) is 2.55. The summed E-state index contributed by atoms with van der Waals surface area (Å²) in [7, 11) is 0. The van der Waals surface area contributed by atoms with Gasteiger partial charge in [-0.2, -0.15) is 4.98 Å². The average Bonchev–Trinajstić information content (AvgIpc) is 2.88. The summed E-state index contributed by atoms with van der Waals surface area (Å²) in [5.41, 5.74) is 0.998. The third-order valence-electron chi connectivity index (χ3n) is 3.54. The van der Waals surface area contributed by atoms with Crippen LogP contribution in [0, 0.1) is 5.92 Å². The molecule has 0 aliphatic carbocycles. The van der Waals surface area contributed by atoms with Crippen molar-refractivity contribution in [1.82, 2.24) is 15.2 Å². The molecule has 0 radical (unpaired) electrons. The van der Waals surface area contributed by atoms with Gasteiger partial charge in [0.25, 0.3) is 6.01 Å². The van der Waals surface area contributed by atoms with Gasteiger partial charge in [-0.1, -0.05) is 20.8 Å². The van der Waals surface area contributed by atoms with Crippen LogP contribution in [-0.2, 0) is 6.54 Å². The largest absolute Gasteiger partial charge is 0.432 e. The molecule has 0 spiro atoms. The summed E-state index contributed by atoms with van der Waals surface area (Å²) in [6.45, 7) is 13.9. The van der Waals surface area contributed by atoms with Crippen molar-refractivity contribution in [3.05, 3.63) is 12.0 Å². The fraction of sp³-hybridized carbons (Fsp3) is 0.800. The first-order valence-electron chi connectivity index (χ1n) is 7.81. The number of oxazole rings is 1. The van der Waals surface area contributed by atoms with E-state index < -0.39 is 0 Å². The molecule has 0 atom stereocenters. The highest BCUT2D eigenvalue weighted by Gasteiger charge is 2.20. The summed E-state index contributed by atoms with van der Waals surface area (Å²) >= 11 is 0. The number of nitrogens with one attached hydrogen (secondary N) is 1. The molecule has 5 heteroatoms. The van der Waals surface area contributed by atoms with Gasteiger partial charge in [-0.25, -0.2) is 0 Å². The van der Waals surface area contributed by atoms with Crippen LogP contribution in [0.1, 0.15) is 32.9 Å². The zero-order valence-electron chi connectivity index (χ0n) is 13.1. The average molecular weight is 280 g/mol. The maximum atomic E-state index is 5.61. The second-order valence-corrected chi connectivity index (χ2v) is 5.98. The molecule has 0 amide bonds. The van der Waals surface area contributed by atoms with Gasteiger partial charge < -0.3 is 14.6 Å². The number of hydrogen-bond acceptors (Lipinski definition) is 5. The van der Waals surface area contributed by atoms with Crippen molar-refractivity contribution in [2.45, 2.75) is 33.7 Å². The normalized spacial score (nSPS) is 17.1. The van der Waals surface area contributed by atoms with E-state index in [1.54, 1.807) is 6.26 Å². The van der Waals surface area contributed by atoms with Crippen LogP contribution in [0.3, 0.4) is 0 Å². The number of piperazine rings is 1. The van der Waals surface area contributed by atoms with E-state index in [0.29, 0.717) is 0 Å². The molecule has 1 aliphatic rings. The van der Waals surface area contributed by atoms with Crippen LogP contribution in [0.25, 0.3) is 0 Å². The predicted octanol–water partition coefficient (Wildman–Crippen LogP) is 1.95. The van der Waals surface area contributed by atoms with Crippen molar-refractivity contribution in [2.24, 2.45) is 5.92 Å². The van der Waals surface area contributed by atoms with Gasteiger partial charge in [0.05, 0.1) is 5.69 Å². The number of anilines is 1. The van der Waals surface area contributed by atoms with Crippen molar-refractivity contribution in [3.8, 4) is 0 Å². The van der Waals surface area contributed by atoms with Gasteiger partial charge in [-0.15, -0.1) is 0 Å². The predicted molar refractivity (Wildman–Crippen MR) is 82.0 cm³/mol. The molecule has 1 aromatic rings. The monoisotopic (exact) mass is 280 g/mol. The highest BCUT2D eigenvalue weighted by atomic mass is 16.4. The summed E-state index contributed by atoms with van der Waals surface area (Å²) in [5.74, 6) is 0.736. The first-order valence-corrected chi connectivity index (χ1v) is 7.81. The van der Waals surface area contributed by atoms with Crippen LogP contribution < -0.4 is 10.2 Å². The Balaban J connectivity index is 1.78. The molecular formula is C15H28N4O. The molecule has 1 aromatic heterocycles. The molecule has 1 aliphatic heterocycles. The second-order valence-electron chi connectivity index (χ2n) is 5.98. The zero-order chi connectivity index (χ0) is 14.4. The topological polar surface area (TPSA) is 44.5 Å². The molecule has 1 fully saturated rings. The first kappa shape index (κ1) is 15.3. The minimum absolute atomic E-state index is 0.736. The minimum atomic E-state index is 0.736. The lowest BCUT2D eigenvalue weighted by atomic mass is 10.2. The van der Waals surface area contributed by atoms with Crippen LogP contribution in [0.4, 0.5) is 6.01 Å². The summed E-state index contributed by atoms with van der Waals surface area (Å²) in [4.78, 5) is 9.34.